The second-order valence-electron chi connectivity index (χ2n) is 5.32. The van der Waals surface area contributed by atoms with Crippen molar-refractivity contribution >= 4 is 12.7 Å². The largest absolute Gasteiger partial charge is 0.476 e. The summed E-state index contributed by atoms with van der Waals surface area (Å²) in [6.07, 6.45) is 3.36. The zero-order chi connectivity index (χ0) is 14.7. The Morgan fingerprint density at radius 2 is 2.00 bits per heavy atom. The topological polar surface area (TPSA) is 59.5 Å². The summed E-state index contributed by atoms with van der Waals surface area (Å²) in [6.45, 7) is 4.88. The number of aryl methyl sites for hydroxylation is 1. The maximum absolute atomic E-state index is 11.0. The first-order valence-electron chi connectivity index (χ1n) is 6.79. The first kappa shape index (κ1) is 14.5. The lowest BCUT2D eigenvalue weighted by molar-refractivity contribution is -0.117. The minimum atomic E-state index is 0.0700. The first-order valence-corrected chi connectivity index (χ1v) is 6.79. The summed E-state index contributed by atoms with van der Waals surface area (Å²) in [5.74, 6) is 0.688. The van der Waals surface area contributed by atoms with Gasteiger partial charge >= 0.3 is 0 Å². The molecule has 0 saturated carbocycles. The smallest absolute Gasteiger partial charge is 0.216 e. The van der Waals surface area contributed by atoms with Crippen LogP contribution in [0.5, 0.6) is 5.88 Å². The lowest BCUT2D eigenvalue weighted by Gasteiger charge is -2.15. The highest BCUT2D eigenvalue weighted by Crippen LogP contribution is 2.33. The van der Waals surface area contributed by atoms with Crippen molar-refractivity contribution in [3.05, 3.63) is 22.4 Å². The number of carbonyl (C=O) groups is 2. The fraction of sp³-hybridized carbons (Fsp3) is 0.533. The molecule has 5 nitrogen and oxygen atoms in total. The molecule has 1 amide bonds. The number of hydrogen-bond acceptors (Lipinski definition) is 4. The third-order valence-corrected chi connectivity index (χ3v) is 3.83. The van der Waals surface area contributed by atoms with E-state index in [1.807, 2.05) is 13.8 Å². The van der Waals surface area contributed by atoms with Crippen LogP contribution >= 0.6 is 0 Å². The molecule has 0 N–H and O–H groups in total. The van der Waals surface area contributed by atoms with Crippen molar-refractivity contribution in [1.82, 2.24) is 9.88 Å². The molecule has 0 spiro atoms. The molecule has 20 heavy (non-hydrogen) atoms. The molecule has 0 aliphatic heterocycles. The van der Waals surface area contributed by atoms with Gasteiger partial charge in [-0.05, 0) is 37.8 Å². The molecule has 1 aromatic rings. The standard InChI is InChI=1S/C15H20N2O3/c1-10-13-6-12(8-18)7-14(13)11(2)16-15(10)20-5-4-17(3)9-19/h8-9,12H,4-7H2,1-3H3. The average molecular weight is 276 g/mol. The molecule has 1 aliphatic carbocycles. The molecular weight excluding hydrogens is 256 g/mol. The molecule has 0 saturated heterocycles. The van der Waals surface area contributed by atoms with Crippen LogP contribution in [-0.2, 0) is 22.4 Å². The third kappa shape index (κ3) is 2.81. The van der Waals surface area contributed by atoms with E-state index in [0.29, 0.717) is 19.0 Å². The molecule has 108 valence electrons. The van der Waals surface area contributed by atoms with Crippen LogP contribution in [0.1, 0.15) is 22.4 Å². The summed E-state index contributed by atoms with van der Waals surface area (Å²) in [5.41, 5.74) is 4.35. The molecular formula is C15H20N2O3. The number of amides is 1. The van der Waals surface area contributed by atoms with E-state index in [1.165, 1.54) is 16.0 Å². The molecule has 0 bridgehead atoms. The number of aromatic nitrogens is 1. The zero-order valence-corrected chi connectivity index (χ0v) is 12.2. The SMILES string of the molecule is Cc1nc(OCCN(C)C=O)c(C)c2c1CC(C=O)C2. The van der Waals surface area contributed by atoms with E-state index in [9.17, 15) is 9.59 Å². The van der Waals surface area contributed by atoms with Crippen LogP contribution in [0.2, 0.25) is 0 Å². The van der Waals surface area contributed by atoms with E-state index >= 15 is 0 Å². The Morgan fingerprint density at radius 1 is 1.30 bits per heavy atom. The Labute approximate surface area is 118 Å². The van der Waals surface area contributed by atoms with Gasteiger partial charge in [0.25, 0.3) is 0 Å². The van der Waals surface area contributed by atoms with E-state index in [1.54, 1.807) is 7.05 Å². The second-order valence-corrected chi connectivity index (χ2v) is 5.32. The van der Waals surface area contributed by atoms with Gasteiger partial charge in [0, 0.05) is 24.2 Å². The quantitative estimate of drug-likeness (QED) is 0.729. The highest BCUT2D eigenvalue weighted by atomic mass is 16.5. The van der Waals surface area contributed by atoms with Gasteiger partial charge in [-0.25, -0.2) is 4.98 Å². The van der Waals surface area contributed by atoms with Gasteiger partial charge in [0.05, 0.1) is 6.54 Å². The molecule has 5 heteroatoms. The normalized spacial score (nSPS) is 16.6. The van der Waals surface area contributed by atoms with Crippen molar-refractivity contribution in [3.63, 3.8) is 0 Å². The number of pyridine rings is 1. The third-order valence-electron chi connectivity index (χ3n) is 3.83. The van der Waals surface area contributed by atoms with Crippen LogP contribution in [0.25, 0.3) is 0 Å². The van der Waals surface area contributed by atoms with Crippen molar-refractivity contribution in [2.75, 3.05) is 20.2 Å². The van der Waals surface area contributed by atoms with E-state index < -0.39 is 0 Å². The average Bonchev–Trinajstić information content (AvgIpc) is 2.89. The molecule has 1 unspecified atom stereocenters. The molecule has 0 fully saturated rings. The monoisotopic (exact) mass is 276 g/mol. The Bertz CT molecular complexity index is 528. The maximum Gasteiger partial charge on any atom is 0.216 e. The van der Waals surface area contributed by atoms with E-state index in [-0.39, 0.29) is 5.92 Å². The Hall–Kier alpha value is -1.91. The number of hydrogen-bond donors (Lipinski definition) is 0. The number of ether oxygens (including phenoxy) is 1. The molecule has 1 aromatic heterocycles. The van der Waals surface area contributed by atoms with Crippen LogP contribution < -0.4 is 4.74 Å². The molecule has 2 rings (SSSR count). The number of aldehydes is 1. The number of likely N-dealkylation sites (N-methyl/N-ethyl adjacent to an activating group) is 1. The van der Waals surface area contributed by atoms with Gasteiger partial charge in [-0.3, -0.25) is 4.79 Å². The van der Waals surface area contributed by atoms with Gasteiger partial charge in [0.2, 0.25) is 12.3 Å². The summed E-state index contributed by atoms with van der Waals surface area (Å²) in [7, 11) is 1.71. The van der Waals surface area contributed by atoms with Gasteiger partial charge in [0.1, 0.15) is 12.9 Å². The maximum atomic E-state index is 11.0. The van der Waals surface area contributed by atoms with Crippen molar-refractivity contribution in [2.24, 2.45) is 5.92 Å². The molecule has 1 atom stereocenters. The van der Waals surface area contributed by atoms with Crippen LogP contribution in [-0.4, -0.2) is 42.8 Å². The predicted octanol–water partition coefficient (Wildman–Crippen LogP) is 1.08. The van der Waals surface area contributed by atoms with Crippen LogP contribution in [0.4, 0.5) is 0 Å². The summed E-state index contributed by atoms with van der Waals surface area (Å²) in [4.78, 5) is 27.5. The minimum Gasteiger partial charge on any atom is -0.476 e. The van der Waals surface area contributed by atoms with Gasteiger partial charge in [-0.1, -0.05) is 0 Å². The van der Waals surface area contributed by atoms with E-state index in [0.717, 1.165) is 36.8 Å². The highest BCUT2D eigenvalue weighted by Gasteiger charge is 2.26. The molecule has 1 aliphatic rings. The second kappa shape index (κ2) is 6.03. The molecule has 1 heterocycles. The Morgan fingerprint density at radius 3 is 2.65 bits per heavy atom. The Balaban J connectivity index is 2.14. The van der Waals surface area contributed by atoms with Crippen molar-refractivity contribution in [2.45, 2.75) is 26.7 Å². The summed E-state index contributed by atoms with van der Waals surface area (Å²) < 4.78 is 5.68. The van der Waals surface area contributed by atoms with Gasteiger partial charge < -0.3 is 14.4 Å². The van der Waals surface area contributed by atoms with Crippen LogP contribution in [0.15, 0.2) is 0 Å². The fourth-order valence-corrected chi connectivity index (χ4v) is 2.60. The minimum absolute atomic E-state index is 0.0700. The number of carbonyl (C=O) groups excluding carboxylic acids is 2. The summed E-state index contributed by atoms with van der Waals surface area (Å²) in [5, 5.41) is 0. The molecule has 0 aromatic carbocycles. The Kier molecular flexibility index (Phi) is 4.37. The van der Waals surface area contributed by atoms with Gasteiger partial charge in [-0.15, -0.1) is 0 Å². The fourth-order valence-electron chi connectivity index (χ4n) is 2.60. The van der Waals surface area contributed by atoms with Gasteiger partial charge in [-0.2, -0.15) is 0 Å². The zero-order valence-electron chi connectivity index (χ0n) is 12.2. The van der Waals surface area contributed by atoms with Crippen LogP contribution in [0, 0.1) is 19.8 Å². The first-order chi connectivity index (χ1) is 9.56. The highest BCUT2D eigenvalue weighted by molar-refractivity contribution is 5.60. The number of fused-ring (bicyclic) bond motifs is 1. The van der Waals surface area contributed by atoms with Crippen molar-refractivity contribution in [3.8, 4) is 5.88 Å². The van der Waals surface area contributed by atoms with Crippen LogP contribution in [0.3, 0.4) is 0 Å². The van der Waals surface area contributed by atoms with Crippen molar-refractivity contribution < 1.29 is 14.3 Å². The number of rotatable bonds is 6. The summed E-state index contributed by atoms with van der Waals surface area (Å²) in [6, 6.07) is 0. The van der Waals surface area contributed by atoms with Gasteiger partial charge in [0.15, 0.2) is 0 Å². The number of nitrogens with zero attached hydrogens (tertiary/aromatic N) is 2. The summed E-state index contributed by atoms with van der Waals surface area (Å²) >= 11 is 0. The van der Waals surface area contributed by atoms with Crippen molar-refractivity contribution in [1.29, 1.82) is 0 Å². The predicted molar refractivity (Wildman–Crippen MR) is 74.9 cm³/mol. The lowest BCUT2D eigenvalue weighted by Crippen LogP contribution is -2.23. The van der Waals surface area contributed by atoms with E-state index in [4.69, 9.17) is 4.74 Å². The lowest BCUT2D eigenvalue weighted by atomic mass is 10.0. The molecule has 0 radical (unpaired) electrons. The van der Waals surface area contributed by atoms with E-state index in [2.05, 4.69) is 4.98 Å².